The van der Waals surface area contributed by atoms with Crippen molar-refractivity contribution in [2.45, 2.75) is 21.3 Å². The summed E-state index contributed by atoms with van der Waals surface area (Å²) in [5.41, 5.74) is 0. The van der Waals surface area contributed by atoms with E-state index in [9.17, 15) is 0 Å². The van der Waals surface area contributed by atoms with Crippen molar-refractivity contribution in [3.8, 4) is 0 Å². The van der Waals surface area contributed by atoms with Gasteiger partial charge in [-0.25, -0.2) is 0 Å². The summed E-state index contributed by atoms with van der Waals surface area (Å²) in [6.07, 6.45) is 0. The zero-order chi connectivity index (χ0) is 4.99. The lowest BCUT2D eigenvalue weighted by Crippen LogP contribution is -2.15. The van der Waals surface area contributed by atoms with E-state index in [1.807, 2.05) is 0 Å². The fourth-order valence-corrected chi connectivity index (χ4v) is 0.224. The zero-order valence-electron chi connectivity index (χ0n) is 4.86. The van der Waals surface area contributed by atoms with Crippen LogP contribution in [0.25, 0.3) is 0 Å². The molecule has 0 fully saturated rings. The van der Waals surface area contributed by atoms with Crippen LogP contribution in [0, 0.1) is 0 Å². The van der Waals surface area contributed by atoms with Gasteiger partial charge in [0.2, 0.25) is 0 Å². The third kappa shape index (κ3) is 5.96. The van der Waals surface area contributed by atoms with Gasteiger partial charge in [-0.15, -0.1) is 0 Å². The maximum absolute atomic E-state index is 2.25. The van der Waals surface area contributed by atoms with Gasteiger partial charge in [-0.05, 0) is 20.1 Å². The van der Waals surface area contributed by atoms with Gasteiger partial charge >= 0.3 is 0 Å². The van der Waals surface area contributed by atoms with E-state index in [2.05, 4.69) is 25.8 Å². The third-order valence-corrected chi connectivity index (χ3v) is 1.08. The molecule has 0 aliphatic carbocycles. The second kappa shape index (κ2) is 5.96. The fourth-order valence-electron chi connectivity index (χ4n) is 0.224. The van der Waals surface area contributed by atoms with Crippen LogP contribution in [-0.2, 0) is 0 Å². The Kier molecular flexibility index (Phi) is 8.56. The monoisotopic (exact) mass is 103 g/mol. The van der Waals surface area contributed by atoms with E-state index in [0.29, 0.717) is 0 Å². The van der Waals surface area contributed by atoms with Gasteiger partial charge in [0.05, 0.1) is 0 Å². The first kappa shape index (κ1) is 10.0. The molecule has 0 bridgehead atoms. The van der Waals surface area contributed by atoms with Crippen molar-refractivity contribution in [2.24, 2.45) is 0 Å². The molecule has 0 rings (SSSR count). The molecule has 0 spiro atoms. The van der Waals surface area contributed by atoms with Crippen molar-refractivity contribution in [1.82, 2.24) is 4.90 Å². The van der Waals surface area contributed by atoms with Crippen molar-refractivity contribution in [3.63, 3.8) is 0 Å². The molecule has 0 aromatic heterocycles. The molecule has 0 aliphatic heterocycles. The van der Waals surface area contributed by atoms with E-state index >= 15 is 0 Å². The van der Waals surface area contributed by atoms with Crippen molar-refractivity contribution >= 4 is 0 Å². The Balaban J connectivity index is 0. The second-order valence-electron chi connectivity index (χ2n) is 1.49. The van der Waals surface area contributed by atoms with Crippen molar-refractivity contribution < 1.29 is 0 Å². The average Bonchev–Trinajstić information content (AvgIpc) is 1.65. The molecule has 0 radical (unpaired) electrons. The Bertz CT molecular complexity index is 23.4. The molecule has 0 heterocycles. The Labute approximate surface area is 47.3 Å². The van der Waals surface area contributed by atoms with E-state index < -0.39 is 0 Å². The SMILES string of the molecule is C.CCN(C)CC. The van der Waals surface area contributed by atoms with Gasteiger partial charge in [0.1, 0.15) is 0 Å². The largest absolute Gasteiger partial charge is 0.307 e. The van der Waals surface area contributed by atoms with Crippen LogP contribution < -0.4 is 0 Å². The lowest BCUT2D eigenvalue weighted by Gasteiger charge is -2.07. The molecular weight excluding hydrogens is 86.1 g/mol. The molecule has 0 aromatic carbocycles. The molecule has 1 heteroatoms. The fraction of sp³-hybridized carbons (Fsp3) is 1.00. The molecule has 0 amide bonds. The minimum atomic E-state index is 0. The quantitative estimate of drug-likeness (QED) is 0.513. The van der Waals surface area contributed by atoms with Gasteiger partial charge in [0.25, 0.3) is 0 Å². The van der Waals surface area contributed by atoms with Gasteiger partial charge in [-0.1, -0.05) is 21.3 Å². The van der Waals surface area contributed by atoms with Gasteiger partial charge in [-0.2, -0.15) is 0 Å². The summed E-state index contributed by atoms with van der Waals surface area (Å²) in [6, 6.07) is 0. The third-order valence-electron chi connectivity index (χ3n) is 1.08. The van der Waals surface area contributed by atoms with Crippen molar-refractivity contribution in [2.75, 3.05) is 20.1 Å². The van der Waals surface area contributed by atoms with Gasteiger partial charge in [-0.3, -0.25) is 0 Å². The summed E-state index contributed by atoms with van der Waals surface area (Å²) in [5.74, 6) is 0. The van der Waals surface area contributed by atoms with Crippen LogP contribution in [0.5, 0.6) is 0 Å². The Morgan fingerprint density at radius 2 is 1.43 bits per heavy atom. The van der Waals surface area contributed by atoms with Crippen LogP contribution in [0.1, 0.15) is 21.3 Å². The summed E-state index contributed by atoms with van der Waals surface area (Å²) < 4.78 is 0. The minimum absolute atomic E-state index is 0. The van der Waals surface area contributed by atoms with E-state index in [-0.39, 0.29) is 7.43 Å². The number of hydrogen-bond donors (Lipinski definition) is 0. The van der Waals surface area contributed by atoms with Gasteiger partial charge in [0, 0.05) is 0 Å². The van der Waals surface area contributed by atoms with Crippen LogP contribution in [-0.4, -0.2) is 25.0 Å². The van der Waals surface area contributed by atoms with Crippen molar-refractivity contribution in [3.05, 3.63) is 0 Å². The van der Waals surface area contributed by atoms with Crippen LogP contribution in [0.4, 0.5) is 0 Å². The maximum atomic E-state index is 2.25. The molecule has 46 valence electrons. The number of rotatable bonds is 2. The topological polar surface area (TPSA) is 3.24 Å². The Morgan fingerprint density at radius 1 is 1.14 bits per heavy atom. The highest BCUT2D eigenvalue weighted by atomic mass is 15.1. The van der Waals surface area contributed by atoms with Crippen LogP contribution in [0.15, 0.2) is 0 Å². The lowest BCUT2D eigenvalue weighted by molar-refractivity contribution is 0.373. The number of hydrogen-bond acceptors (Lipinski definition) is 1. The van der Waals surface area contributed by atoms with E-state index in [1.54, 1.807) is 0 Å². The molecule has 0 aliphatic rings. The van der Waals surface area contributed by atoms with E-state index in [0.717, 1.165) is 13.1 Å². The molecule has 0 N–H and O–H groups in total. The zero-order valence-corrected chi connectivity index (χ0v) is 4.86. The van der Waals surface area contributed by atoms with Crippen LogP contribution >= 0.6 is 0 Å². The summed E-state index contributed by atoms with van der Waals surface area (Å²) in [6.45, 7) is 6.64. The minimum Gasteiger partial charge on any atom is -0.307 e. The van der Waals surface area contributed by atoms with E-state index in [1.165, 1.54) is 0 Å². The predicted octanol–water partition coefficient (Wildman–Crippen LogP) is 1.59. The van der Waals surface area contributed by atoms with Crippen molar-refractivity contribution in [1.29, 1.82) is 0 Å². The highest BCUT2D eigenvalue weighted by molar-refractivity contribution is 4.36. The first-order chi connectivity index (χ1) is 2.81. The van der Waals surface area contributed by atoms with Crippen LogP contribution in [0.3, 0.4) is 0 Å². The predicted molar refractivity (Wildman–Crippen MR) is 35.6 cm³/mol. The maximum Gasteiger partial charge on any atom is -0.00504 e. The van der Waals surface area contributed by atoms with E-state index in [4.69, 9.17) is 0 Å². The summed E-state index contributed by atoms with van der Waals surface area (Å²) in [5, 5.41) is 0. The van der Waals surface area contributed by atoms with Gasteiger partial charge in [0.15, 0.2) is 0 Å². The molecule has 7 heavy (non-hydrogen) atoms. The number of nitrogens with zero attached hydrogens (tertiary/aromatic N) is 1. The smallest absolute Gasteiger partial charge is 0.00504 e. The lowest BCUT2D eigenvalue weighted by atomic mass is 10.6. The standard InChI is InChI=1S/C5H13N.CH4/c1-4-6(3)5-2;/h4-5H2,1-3H3;1H4. The highest BCUT2D eigenvalue weighted by Gasteiger charge is 1.81. The second-order valence-corrected chi connectivity index (χ2v) is 1.49. The van der Waals surface area contributed by atoms with Gasteiger partial charge < -0.3 is 4.90 Å². The highest BCUT2D eigenvalue weighted by Crippen LogP contribution is 1.73. The van der Waals surface area contributed by atoms with Crippen LogP contribution in [0.2, 0.25) is 0 Å². The Morgan fingerprint density at radius 3 is 1.43 bits per heavy atom. The Hall–Kier alpha value is -0.0400. The molecule has 0 aromatic rings. The normalized spacial score (nSPS) is 8.57. The summed E-state index contributed by atoms with van der Waals surface area (Å²) >= 11 is 0. The summed E-state index contributed by atoms with van der Waals surface area (Å²) in [7, 11) is 2.11. The molecule has 1 nitrogen and oxygen atoms in total. The summed E-state index contributed by atoms with van der Waals surface area (Å²) in [4.78, 5) is 2.25. The molecule has 0 saturated carbocycles. The molecule has 0 atom stereocenters. The molecule has 0 unspecified atom stereocenters. The molecular formula is C6H17N. The first-order valence-electron chi connectivity index (χ1n) is 2.49. The average molecular weight is 103 g/mol. The molecule has 0 saturated heterocycles. The first-order valence-corrected chi connectivity index (χ1v) is 2.49.